The number of para-hydroxylation sites is 1. The minimum absolute atomic E-state index is 0.523. The summed E-state index contributed by atoms with van der Waals surface area (Å²) in [5.41, 5.74) is 2.60. The minimum Gasteiger partial charge on any atom is -0.316 e. The number of likely N-dealkylation sites (tertiary alicyclic amines) is 1. The first-order valence-corrected chi connectivity index (χ1v) is 7.73. The maximum absolute atomic E-state index is 4.61. The standard InChI is InChI=1S/C16H21N5/c1-2-4-15(5-3-1)21-18-10-14(19-21)11-20-9-7-16(13-20)6-8-17-12-16/h1-5,10,17H,6-9,11-13H2. The van der Waals surface area contributed by atoms with Crippen molar-refractivity contribution < 1.29 is 0 Å². The van der Waals surface area contributed by atoms with Crippen molar-refractivity contribution in [2.45, 2.75) is 19.4 Å². The molecule has 1 unspecified atom stereocenters. The SMILES string of the molecule is c1ccc(-n2ncc(CN3CCC4(CCNC4)C3)n2)cc1. The molecule has 2 fully saturated rings. The van der Waals surface area contributed by atoms with E-state index >= 15 is 0 Å². The van der Waals surface area contributed by atoms with Gasteiger partial charge in [-0.3, -0.25) is 4.90 Å². The summed E-state index contributed by atoms with van der Waals surface area (Å²) >= 11 is 0. The summed E-state index contributed by atoms with van der Waals surface area (Å²) in [6, 6.07) is 10.1. The van der Waals surface area contributed by atoms with Crippen LogP contribution in [0.4, 0.5) is 0 Å². The molecule has 3 heterocycles. The van der Waals surface area contributed by atoms with E-state index < -0.39 is 0 Å². The predicted molar refractivity (Wildman–Crippen MR) is 81.2 cm³/mol. The number of aromatic nitrogens is 3. The smallest absolute Gasteiger partial charge is 0.0971 e. The lowest BCUT2D eigenvalue weighted by Gasteiger charge is -2.22. The van der Waals surface area contributed by atoms with Gasteiger partial charge in [-0.05, 0) is 43.5 Å². The van der Waals surface area contributed by atoms with Gasteiger partial charge in [0.2, 0.25) is 0 Å². The van der Waals surface area contributed by atoms with Crippen molar-refractivity contribution in [2.24, 2.45) is 5.41 Å². The molecule has 0 aliphatic carbocycles. The molecule has 21 heavy (non-hydrogen) atoms. The molecule has 0 bridgehead atoms. The Labute approximate surface area is 125 Å². The van der Waals surface area contributed by atoms with Gasteiger partial charge in [0.15, 0.2) is 0 Å². The lowest BCUT2D eigenvalue weighted by atomic mass is 9.87. The summed E-state index contributed by atoms with van der Waals surface area (Å²) in [5.74, 6) is 0. The molecule has 1 N–H and O–H groups in total. The van der Waals surface area contributed by atoms with Crippen LogP contribution in [0.1, 0.15) is 18.5 Å². The van der Waals surface area contributed by atoms with E-state index in [1.807, 2.05) is 36.5 Å². The van der Waals surface area contributed by atoms with E-state index in [1.54, 1.807) is 4.80 Å². The summed E-state index contributed by atoms with van der Waals surface area (Å²) in [6.45, 7) is 5.64. The van der Waals surface area contributed by atoms with Crippen LogP contribution in [0.15, 0.2) is 36.5 Å². The molecule has 2 aliphatic rings. The number of benzene rings is 1. The van der Waals surface area contributed by atoms with Crippen LogP contribution in [0, 0.1) is 5.41 Å². The van der Waals surface area contributed by atoms with Crippen LogP contribution >= 0.6 is 0 Å². The maximum atomic E-state index is 4.61. The van der Waals surface area contributed by atoms with Gasteiger partial charge in [0.25, 0.3) is 0 Å². The Morgan fingerprint density at radius 2 is 2.10 bits per heavy atom. The molecule has 1 spiro atoms. The minimum atomic E-state index is 0.523. The molecule has 5 nitrogen and oxygen atoms in total. The largest absolute Gasteiger partial charge is 0.316 e. The van der Waals surface area contributed by atoms with Crippen molar-refractivity contribution in [3.05, 3.63) is 42.2 Å². The fraction of sp³-hybridized carbons (Fsp3) is 0.500. The molecule has 1 atom stereocenters. The lowest BCUT2D eigenvalue weighted by molar-refractivity contribution is 0.266. The summed E-state index contributed by atoms with van der Waals surface area (Å²) in [7, 11) is 0. The van der Waals surface area contributed by atoms with Gasteiger partial charge in [0, 0.05) is 19.6 Å². The zero-order valence-corrected chi connectivity index (χ0v) is 12.2. The highest BCUT2D eigenvalue weighted by atomic mass is 15.5. The first kappa shape index (κ1) is 13.0. The van der Waals surface area contributed by atoms with Gasteiger partial charge in [0.05, 0.1) is 17.6 Å². The molecule has 0 amide bonds. The Morgan fingerprint density at radius 1 is 1.19 bits per heavy atom. The van der Waals surface area contributed by atoms with Crippen LogP contribution in [0.2, 0.25) is 0 Å². The van der Waals surface area contributed by atoms with Gasteiger partial charge in [-0.25, -0.2) is 0 Å². The van der Waals surface area contributed by atoms with E-state index in [4.69, 9.17) is 0 Å². The van der Waals surface area contributed by atoms with Crippen LogP contribution in [0.5, 0.6) is 0 Å². The van der Waals surface area contributed by atoms with Crippen molar-refractivity contribution in [1.29, 1.82) is 0 Å². The number of hydrogen-bond acceptors (Lipinski definition) is 4. The second-order valence-corrected chi connectivity index (χ2v) is 6.35. The Balaban J connectivity index is 1.43. The van der Waals surface area contributed by atoms with E-state index in [-0.39, 0.29) is 0 Å². The van der Waals surface area contributed by atoms with E-state index in [9.17, 15) is 0 Å². The van der Waals surface area contributed by atoms with Crippen molar-refractivity contribution in [2.75, 3.05) is 26.2 Å². The van der Waals surface area contributed by atoms with Crippen LogP contribution in [0.25, 0.3) is 5.69 Å². The highest BCUT2D eigenvalue weighted by Gasteiger charge is 2.40. The first-order valence-electron chi connectivity index (χ1n) is 7.73. The topological polar surface area (TPSA) is 46.0 Å². The number of nitrogens with one attached hydrogen (secondary N) is 1. The van der Waals surface area contributed by atoms with Crippen LogP contribution in [0.3, 0.4) is 0 Å². The van der Waals surface area contributed by atoms with Gasteiger partial charge >= 0.3 is 0 Å². The van der Waals surface area contributed by atoms with Crippen LogP contribution < -0.4 is 5.32 Å². The highest BCUT2D eigenvalue weighted by Crippen LogP contribution is 2.36. The zero-order valence-electron chi connectivity index (χ0n) is 12.2. The molecule has 1 aromatic carbocycles. The van der Waals surface area contributed by atoms with E-state index in [1.165, 1.54) is 39.0 Å². The second-order valence-electron chi connectivity index (χ2n) is 6.35. The van der Waals surface area contributed by atoms with Crippen molar-refractivity contribution in [1.82, 2.24) is 25.2 Å². The molecule has 1 aromatic heterocycles. The molecule has 2 aliphatic heterocycles. The number of rotatable bonds is 3. The predicted octanol–water partition coefficient (Wildman–Crippen LogP) is 1.45. The van der Waals surface area contributed by atoms with E-state index in [0.29, 0.717) is 5.41 Å². The molecule has 2 aromatic rings. The van der Waals surface area contributed by atoms with Gasteiger partial charge in [-0.15, -0.1) is 0 Å². The van der Waals surface area contributed by atoms with Crippen molar-refractivity contribution >= 4 is 0 Å². The first-order chi connectivity index (χ1) is 10.3. The van der Waals surface area contributed by atoms with E-state index in [2.05, 4.69) is 20.4 Å². The molecule has 2 saturated heterocycles. The lowest BCUT2D eigenvalue weighted by Crippen LogP contribution is -2.29. The highest BCUT2D eigenvalue weighted by molar-refractivity contribution is 5.28. The third-order valence-electron chi connectivity index (χ3n) is 4.76. The fourth-order valence-electron chi connectivity index (χ4n) is 3.59. The second kappa shape index (κ2) is 5.24. The van der Waals surface area contributed by atoms with Crippen LogP contribution in [-0.4, -0.2) is 46.1 Å². The van der Waals surface area contributed by atoms with Gasteiger partial charge in [-0.2, -0.15) is 15.0 Å². The summed E-state index contributed by atoms with van der Waals surface area (Å²) in [6.07, 6.45) is 4.53. The third kappa shape index (κ3) is 2.59. The maximum Gasteiger partial charge on any atom is 0.0971 e. The molecule has 5 heteroatoms. The van der Waals surface area contributed by atoms with E-state index in [0.717, 1.165) is 17.9 Å². The normalized spacial score (nSPS) is 25.9. The monoisotopic (exact) mass is 283 g/mol. The Morgan fingerprint density at radius 3 is 2.90 bits per heavy atom. The van der Waals surface area contributed by atoms with Gasteiger partial charge in [-0.1, -0.05) is 18.2 Å². The Bertz CT molecular complexity index is 600. The van der Waals surface area contributed by atoms with Crippen molar-refractivity contribution in [3.8, 4) is 5.69 Å². The number of hydrogen-bond donors (Lipinski definition) is 1. The summed E-state index contributed by atoms with van der Waals surface area (Å²) < 4.78 is 0. The Kier molecular flexibility index (Phi) is 3.24. The number of nitrogens with zero attached hydrogens (tertiary/aromatic N) is 4. The molecule has 110 valence electrons. The molecular weight excluding hydrogens is 262 g/mol. The summed E-state index contributed by atoms with van der Waals surface area (Å²) in [4.78, 5) is 4.24. The summed E-state index contributed by atoms with van der Waals surface area (Å²) in [5, 5.41) is 12.5. The average Bonchev–Trinajstić information content (AvgIpc) is 3.24. The zero-order chi connectivity index (χ0) is 14.1. The Hall–Kier alpha value is -1.72. The molecule has 0 saturated carbocycles. The molecule has 0 radical (unpaired) electrons. The third-order valence-corrected chi connectivity index (χ3v) is 4.76. The van der Waals surface area contributed by atoms with Gasteiger partial charge in [0.1, 0.15) is 0 Å². The average molecular weight is 283 g/mol. The van der Waals surface area contributed by atoms with Gasteiger partial charge < -0.3 is 5.32 Å². The van der Waals surface area contributed by atoms with Crippen LogP contribution in [-0.2, 0) is 6.54 Å². The molecule has 4 rings (SSSR count). The molecular formula is C16H21N5. The fourth-order valence-corrected chi connectivity index (χ4v) is 3.59. The van der Waals surface area contributed by atoms with Crippen molar-refractivity contribution in [3.63, 3.8) is 0 Å². The quantitative estimate of drug-likeness (QED) is 0.926.